The Hall–Kier alpha value is -2.41. The van der Waals surface area contributed by atoms with Gasteiger partial charge >= 0.3 is 6.03 Å². The van der Waals surface area contributed by atoms with Gasteiger partial charge in [-0.25, -0.2) is 4.79 Å². The summed E-state index contributed by atoms with van der Waals surface area (Å²) in [6.45, 7) is 2.74. The van der Waals surface area contributed by atoms with Crippen LogP contribution in [0.2, 0.25) is 5.02 Å². The predicted octanol–water partition coefficient (Wildman–Crippen LogP) is 4.67. The van der Waals surface area contributed by atoms with Crippen LogP contribution in [0.4, 0.5) is 10.5 Å². The van der Waals surface area contributed by atoms with Gasteiger partial charge in [-0.3, -0.25) is 0 Å². The second-order valence-electron chi connectivity index (χ2n) is 6.44. The van der Waals surface area contributed by atoms with E-state index in [0.29, 0.717) is 28.8 Å². The summed E-state index contributed by atoms with van der Waals surface area (Å²) in [5.41, 5.74) is 1.29. The minimum atomic E-state index is -0.225. The Morgan fingerprint density at radius 1 is 1.33 bits per heavy atom. The normalized spacial score (nSPS) is 16.4. The molecule has 1 N–H and O–H groups in total. The van der Waals surface area contributed by atoms with Gasteiger partial charge in [0.05, 0.1) is 31.0 Å². The summed E-state index contributed by atoms with van der Waals surface area (Å²) < 4.78 is 15.9. The molecule has 0 spiro atoms. The van der Waals surface area contributed by atoms with Crippen molar-refractivity contribution in [2.24, 2.45) is 0 Å². The van der Waals surface area contributed by atoms with Crippen LogP contribution in [0.3, 0.4) is 0 Å². The number of nitrogens with zero attached hydrogens (tertiary/aromatic N) is 2. The zero-order valence-electron chi connectivity index (χ0n) is 15.8. The average Bonchev–Trinajstić information content (AvgIpc) is 3.31. The molecular weight excluding hydrogens is 370 g/mol. The summed E-state index contributed by atoms with van der Waals surface area (Å²) >= 11 is 6.19. The van der Waals surface area contributed by atoms with E-state index in [0.717, 1.165) is 37.1 Å². The smallest absolute Gasteiger partial charge is 0.322 e. The fourth-order valence-electron chi connectivity index (χ4n) is 3.31. The van der Waals surface area contributed by atoms with Gasteiger partial charge in [-0.05, 0) is 25.3 Å². The molecule has 0 saturated carbocycles. The van der Waals surface area contributed by atoms with E-state index >= 15 is 0 Å². The third-order valence-electron chi connectivity index (χ3n) is 4.64. The number of benzene rings is 1. The van der Waals surface area contributed by atoms with Gasteiger partial charge in [0.25, 0.3) is 0 Å². The molecule has 8 heteroatoms. The number of carbonyl (C=O) groups is 1. The molecular formula is C19H24ClN3O4. The monoisotopic (exact) mass is 393 g/mol. The molecule has 3 rings (SSSR count). The van der Waals surface area contributed by atoms with E-state index in [9.17, 15) is 4.79 Å². The first-order valence-electron chi connectivity index (χ1n) is 9.02. The number of aromatic nitrogens is 1. The topological polar surface area (TPSA) is 76.8 Å². The molecule has 1 aromatic heterocycles. The molecule has 0 bridgehead atoms. The van der Waals surface area contributed by atoms with E-state index in [1.807, 2.05) is 6.07 Å². The Morgan fingerprint density at radius 3 is 2.81 bits per heavy atom. The number of nitrogens with one attached hydrogen (secondary N) is 1. The number of halogens is 1. The number of methoxy groups -OCH3 is 2. The maximum atomic E-state index is 12.9. The van der Waals surface area contributed by atoms with Gasteiger partial charge in [-0.2, -0.15) is 0 Å². The predicted molar refractivity (Wildman–Crippen MR) is 103 cm³/mol. The van der Waals surface area contributed by atoms with Crippen LogP contribution in [0.1, 0.15) is 43.7 Å². The van der Waals surface area contributed by atoms with Crippen LogP contribution >= 0.6 is 11.6 Å². The number of carbonyl (C=O) groups excluding carboxylic acids is 1. The van der Waals surface area contributed by atoms with Gasteiger partial charge in [-0.1, -0.05) is 23.7 Å². The van der Waals surface area contributed by atoms with Crippen molar-refractivity contribution in [2.45, 2.75) is 38.6 Å². The van der Waals surface area contributed by atoms with E-state index in [1.165, 1.54) is 14.2 Å². The number of rotatable bonds is 6. The summed E-state index contributed by atoms with van der Waals surface area (Å²) in [6, 6.07) is 4.90. The summed E-state index contributed by atoms with van der Waals surface area (Å²) in [6.07, 6.45) is 3.59. The lowest BCUT2D eigenvalue weighted by atomic mass is 10.1. The number of aryl methyl sites for hydroxylation is 1. The number of urea groups is 1. The van der Waals surface area contributed by atoms with E-state index < -0.39 is 0 Å². The molecule has 0 unspecified atom stereocenters. The maximum absolute atomic E-state index is 12.9. The largest absolute Gasteiger partial charge is 0.495 e. The van der Waals surface area contributed by atoms with Crippen molar-refractivity contribution in [1.29, 1.82) is 0 Å². The zero-order chi connectivity index (χ0) is 19.4. The van der Waals surface area contributed by atoms with Crippen LogP contribution in [0.15, 0.2) is 22.7 Å². The first-order valence-corrected chi connectivity index (χ1v) is 9.39. The van der Waals surface area contributed by atoms with Crippen LogP contribution in [0.25, 0.3) is 0 Å². The van der Waals surface area contributed by atoms with Gasteiger partial charge in [0.2, 0.25) is 0 Å². The first kappa shape index (κ1) is 19.4. The highest BCUT2D eigenvalue weighted by molar-refractivity contribution is 6.32. The molecule has 0 aliphatic carbocycles. The summed E-state index contributed by atoms with van der Waals surface area (Å²) in [7, 11) is 3.06. The minimum absolute atomic E-state index is 0.0981. The Balaban J connectivity index is 1.77. The molecule has 1 aromatic carbocycles. The second kappa shape index (κ2) is 8.52. The Morgan fingerprint density at radius 2 is 2.11 bits per heavy atom. The third-order valence-corrected chi connectivity index (χ3v) is 4.94. The van der Waals surface area contributed by atoms with Crippen molar-refractivity contribution >= 4 is 23.3 Å². The summed E-state index contributed by atoms with van der Waals surface area (Å²) in [4.78, 5) is 14.7. The summed E-state index contributed by atoms with van der Waals surface area (Å²) in [5, 5.41) is 7.45. The number of anilines is 1. The fraction of sp³-hybridized carbons (Fsp3) is 0.474. The van der Waals surface area contributed by atoms with Gasteiger partial charge in [0, 0.05) is 25.1 Å². The number of hydrogen-bond donors (Lipinski definition) is 1. The number of hydrogen-bond acceptors (Lipinski definition) is 5. The lowest BCUT2D eigenvalue weighted by Crippen LogP contribution is -2.34. The molecule has 27 heavy (non-hydrogen) atoms. The van der Waals surface area contributed by atoms with Crippen molar-refractivity contribution in [3.63, 3.8) is 0 Å². The lowest BCUT2D eigenvalue weighted by Gasteiger charge is -2.24. The van der Waals surface area contributed by atoms with Crippen LogP contribution < -0.4 is 14.8 Å². The molecule has 1 atom stereocenters. The van der Waals surface area contributed by atoms with Crippen LogP contribution in [0.5, 0.6) is 11.5 Å². The zero-order valence-corrected chi connectivity index (χ0v) is 16.5. The van der Waals surface area contributed by atoms with Crippen LogP contribution in [0, 0.1) is 0 Å². The highest BCUT2D eigenvalue weighted by atomic mass is 35.5. The maximum Gasteiger partial charge on any atom is 0.322 e. The molecule has 2 heterocycles. The molecule has 2 amide bonds. The molecule has 1 fully saturated rings. The van der Waals surface area contributed by atoms with Crippen molar-refractivity contribution in [3.05, 3.63) is 34.7 Å². The van der Waals surface area contributed by atoms with Crippen molar-refractivity contribution in [3.8, 4) is 11.5 Å². The minimum Gasteiger partial charge on any atom is -0.495 e. The van der Waals surface area contributed by atoms with E-state index in [2.05, 4.69) is 17.4 Å². The number of likely N-dealkylation sites (tertiary alicyclic amines) is 1. The van der Waals surface area contributed by atoms with E-state index in [1.54, 1.807) is 17.0 Å². The van der Waals surface area contributed by atoms with Gasteiger partial charge in [0.1, 0.15) is 23.0 Å². The van der Waals surface area contributed by atoms with Gasteiger partial charge < -0.3 is 24.2 Å². The number of ether oxygens (including phenoxy) is 2. The Kier molecular flexibility index (Phi) is 6.11. The SMILES string of the molecule is CCCc1cc([C@H]2CCCN2C(=O)Nc2cc(Cl)c(OC)cc2OC)no1. The van der Waals surface area contributed by atoms with Crippen molar-refractivity contribution in [2.75, 3.05) is 26.1 Å². The molecule has 2 aromatic rings. The molecule has 0 radical (unpaired) electrons. The number of amides is 2. The van der Waals surface area contributed by atoms with E-state index in [4.69, 9.17) is 25.6 Å². The summed E-state index contributed by atoms with van der Waals surface area (Å²) in [5.74, 6) is 1.81. The fourth-order valence-corrected chi connectivity index (χ4v) is 3.55. The Labute approximate surface area is 163 Å². The molecule has 1 saturated heterocycles. The standard InChI is InChI=1S/C19H24ClN3O4/c1-4-6-12-9-14(22-27-12)16-7-5-8-23(16)19(24)21-15-10-13(20)17(25-2)11-18(15)26-3/h9-11,16H,4-8H2,1-3H3,(H,21,24)/t16-/m1/s1. The van der Waals surface area contributed by atoms with Crippen molar-refractivity contribution in [1.82, 2.24) is 10.1 Å². The lowest BCUT2D eigenvalue weighted by molar-refractivity contribution is 0.204. The Bertz CT molecular complexity index is 808. The third kappa shape index (κ3) is 4.13. The van der Waals surface area contributed by atoms with Crippen LogP contribution in [-0.2, 0) is 6.42 Å². The van der Waals surface area contributed by atoms with Crippen LogP contribution in [-0.4, -0.2) is 36.9 Å². The average molecular weight is 394 g/mol. The van der Waals surface area contributed by atoms with Gasteiger partial charge in [-0.15, -0.1) is 0 Å². The molecule has 7 nitrogen and oxygen atoms in total. The second-order valence-corrected chi connectivity index (χ2v) is 6.84. The van der Waals surface area contributed by atoms with Gasteiger partial charge in [0.15, 0.2) is 0 Å². The highest BCUT2D eigenvalue weighted by Gasteiger charge is 2.32. The van der Waals surface area contributed by atoms with E-state index in [-0.39, 0.29) is 12.1 Å². The highest BCUT2D eigenvalue weighted by Crippen LogP contribution is 2.37. The quantitative estimate of drug-likeness (QED) is 0.771. The molecule has 146 valence electrons. The first-order chi connectivity index (χ1) is 13.1. The molecule has 1 aliphatic heterocycles. The van der Waals surface area contributed by atoms with Crippen molar-refractivity contribution < 1.29 is 18.8 Å². The molecule has 1 aliphatic rings.